The number of hydrogen-bond acceptors (Lipinski definition) is 4. The average molecular weight is 487 g/mol. The number of aromatic nitrogens is 4. The van der Waals surface area contributed by atoms with Gasteiger partial charge in [-0.15, -0.1) is 0 Å². The molecule has 2 aromatic carbocycles. The van der Waals surface area contributed by atoms with E-state index in [1.807, 2.05) is 34.9 Å². The second kappa shape index (κ2) is 9.85. The Kier molecular flexibility index (Phi) is 6.91. The van der Waals surface area contributed by atoms with E-state index in [1.165, 1.54) is 9.13 Å². The highest BCUT2D eigenvalue weighted by Gasteiger charge is 2.19. The van der Waals surface area contributed by atoms with E-state index in [0.717, 1.165) is 5.56 Å². The van der Waals surface area contributed by atoms with Crippen molar-refractivity contribution < 1.29 is 4.74 Å². The molecule has 4 aromatic rings. The van der Waals surface area contributed by atoms with Gasteiger partial charge in [0.2, 0.25) is 0 Å². The summed E-state index contributed by atoms with van der Waals surface area (Å²) in [5.41, 5.74) is 0.907. The van der Waals surface area contributed by atoms with Crippen LogP contribution in [0.5, 0.6) is 5.75 Å². The second-order valence-corrected chi connectivity index (χ2v) is 9.04. The first kappa shape index (κ1) is 23.1. The Morgan fingerprint density at radius 2 is 1.79 bits per heavy atom. The van der Waals surface area contributed by atoms with Gasteiger partial charge in [0.15, 0.2) is 11.2 Å². The van der Waals surface area contributed by atoms with Crippen LogP contribution in [0.25, 0.3) is 11.2 Å². The number of fused-ring (bicyclic) bond motifs is 1. The lowest BCUT2D eigenvalue weighted by atomic mass is 10.2. The van der Waals surface area contributed by atoms with Gasteiger partial charge in [0.05, 0.1) is 24.4 Å². The number of imidazole rings is 1. The zero-order valence-electron chi connectivity index (χ0n) is 18.4. The molecule has 2 aromatic heterocycles. The summed E-state index contributed by atoms with van der Waals surface area (Å²) in [6, 6.07) is 14.5. The van der Waals surface area contributed by atoms with Gasteiger partial charge >= 0.3 is 5.69 Å². The predicted molar refractivity (Wildman–Crippen MR) is 131 cm³/mol. The van der Waals surface area contributed by atoms with Crippen molar-refractivity contribution in [3.05, 3.63) is 91.3 Å². The van der Waals surface area contributed by atoms with Gasteiger partial charge in [-0.2, -0.15) is 0 Å². The third kappa shape index (κ3) is 4.99. The largest absolute Gasteiger partial charge is 0.490 e. The normalized spacial score (nSPS) is 11.4. The minimum atomic E-state index is -0.433. The first-order chi connectivity index (χ1) is 15.8. The van der Waals surface area contributed by atoms with Crippen LogP contribution in [0.15, 0.2) is 64.4 Å². The molecule has 33 heavy (non-hydrogen) atoms. The minimum absolute atomic E-state index is 0.0637. The van der Waals surface area contributed by atoms with Crippen molar-refractivity contribution in [1.82, 2.24) is 18.7 Å². The molecule has 0 spiro atoms. The third-order valence-electron chi connectivity index (χ3n) is 5.20. The molecule has 0 saturated heterocycles. The van der Waals surface area contributed by atoms with Crippen LogP contribution in [0.1, 0.15) is 19.4 Å². The molecular weight excluding hydrogens is 463 g/mol. The molecule has 0 unspecified atom stereocenters. The molecule has 0 amide bonds. The smallest absolute Gasteiger partial charge is 0.333 e. The fourth-order valence-corrected chi connectivity index (χ4v) is 4.18. The van der Waals surface area contributed by atoms with Crippen molar-refractivity contribution in [2.75, 3.05) is 6.61 Å². The summed E-state index contributed by atoms with van der Waals surface area (Å²) in [5.74, 6) is 0.741. The maximum atomic E-state index is 13.4. The predicted octanol–water partition coefficient (Wildman–Crippen LogP) is 4.45. The number of nitrogens with zero attached hydrogens (tertiary/aromatic N) is 4. The molecule has 0 bridgehead atoms. The SMILES string of the molecule is CC(C)Cn1cnc2c1c(=O)n(CCOc1ccc(Cl)cc1Cl)c(=O)n2Cc1ccccc1. The van der Waals surface area contributed by atoms with Gasteiger partial charge in [-0.25, -0.2) is 9.78 Å². The van der Waals surface area contributed by atoms with E-state index in [-0.39, 0.29) is 18.7 Å². The number of benzene rings is 2. The van der Waals surface area contributed by atoms with E-state index in [2.05, 4.69) is 18.8 Å². The van der Waals surface area contributed by atoms with Crippen molar-refractivity contribution in [2.24, 2.45) is 5.92 Å². The number of hydrogen-bond donors (Lipinski definition) is 0. The van der Waals surface area contributed by atoms with Crippen LogP contribution < -0.4 is 16.0 Å². The van der Waals surface area contributed by atoms with E-state index in [1.54, 1.807) is 24.5 Å². The Hall–Kier alpha value is -3.03. The third-order valence-corrected chi connectivity index (χ3v) is 5.73. The highest BCUT2D eigenvalue weighted by Crippen LogP contribution is 2.27. The first-order valence-corrected chi connectivity index (χ1v) is 11.4. The monoisotopic (exact) mass is 486 g/mol. The lowest BCUT2D eigenvalue weighted by Crippen LogP contribution is -2.42. The molecule has 2 heterocycles. The average Bonchev–Trinajstić information content (AvgIpc) is 3.18. The molecule has 7 nitrogen and oxygen atoms in total. The molecule has 0 aliphatic rings. The molecule has 172 valence electrons. The van der Waals surface area contributed by atoms with Crippen LogP contribution in [0.2, 0.25) is 10.0 Å². The summed E-state index contributed by atoms with van der Waals surface area (Å²) in [7, 11) is 0. The number of halogens is 2. The maximum Gasteiger partial charge on any atom is 0.333 e. The van der Waals surface area contributed by atoms with E-state index in [9.17, 15) is 9.59 Å². The fraction of sp³-hybridized carbons (Fsp3) is 0.292. The van der Waals surface area contributed by atoms with Gasteiger partial charge in [-0.05, 0) is 29.7 Å². The zero-order chi connectivity index (χ0) is 23.5. The van der Waals surface area contributed by atoms with Crippen LogP contribution in [0.4, 0.5) is 0 Å². The van der Waals surface area contributed by atoms with Crippen LogP contribution in [0.3, 0.4) is 0 Å². The highest BCUT2D eigenvalue weighted by molar-refractivity contribution is 6.35. The van der Waals surface area contributed by atoms with Crippen LogP contribution in [-0.2, 0) is 19.6 Å². The van der Waals surface area contributed by atoms with E-state index < -0.39 is 5.69 Å². The standard InChI is InChI=1S/C24H24Cl2N4O3/c1-16(2)13-28-15-27-22-21(28)23(31)29(10-11-33-20-9-8-18(25)12-19(20)26)24(32)30(22)14-17-6-4-3-5-7-17/h3-9,12,15-16H,10-11,13-14H2,1-2H3. The quantitative estimate of drug-likeness (QED) is 0.368. The second-order valence-electron chi connectivity index (χ2n) is 8.20. The molecule has 0 aliphatic heterocycles. The molecule has 4 rings (SSSR count). The van der Waals surface area contributed by atoms with E-state index in [4.69, 9.17) is 27.9 Å². The van der Waals surface area contributed by atoms with Gasteiger partial charge < -0.3 is 9.30 Å². The van der Waals surface area contributed by atoms with Gasteiger partial charge in [0.25, 0.3) is 5.56 Å². The Morgan fingerprint density at radius 3 is 2.48 bits per heavy atom. The van der Waals surface area contributed by atoms with Crippen molar-refractivity contribution >= 4 is 34.4 Å². The first-order valence-electron chi connectivity index (χ1n) is 10.7. The molecule has 0 radical (unpaired) electrons. The summed E-state index contributed by atoms with van der Waals surface area (Å²) in [4.78, 5) is 31.2. The molecule has 0 saturated carbocycles. The van der Waals surface area contributed by atoms with Crippen LogP contribution in [-0.4, -0.2) is 25.3 Å². The van der Waals surface area contributed by atoms with Crippen LogP contribution >= 0.6 is 23.2 Å². The van der Waals surface area contributed by atoms with Crippen molar-refractivity contribution in [3.63, 3.8) is 0 Å². The van der Waals surface area contributed by atoms with Crippen molar-refractivity contribution in [2.45, 2.75) is 33.5 Å². The molecule has 9 heteroatoms. The Morgan fingerprint density at radius 1 is 1.03 bits per heavy atom. The molecule has 0 N–H and O–H groups in total. The topological polar surface area (TPSA) is 71.1 Å². The van der Waals surface area contributed by atoms with E-state index in [0.29, 0.717) is 46.0 Å². The Bertz CT molecular complexity index is 1390. The molecule has 0 aliphatic carbocycles. The molecule has 0 atom stereocenters. The van der Waals surface area contributed by atoms with Gasteiger partial charge in [-0.1, -0.05) is 67.4 Å². The maximum absolute atomic E-state index is 13.4. The van der Waals surface area contributed by atoms with Gasteiger partial charge in [0.1, 0.15) is 12.4 Å². The fourth-order valence-electron chi connectivity index (χ4n) is 3.72. The number of ether oxygens (including phenoxy) is 1. The van der Waals surface area contributed by atoms with Crippen molar-refractivity contribution in [1.29, 1.82) is 0 Å². The van der Waals surface area contributed by atoms with Gasteiger partial charge in [-0.3, -0.25) is 13.9 Å². The minimum Gasteiger partial charge on any atom is -0.490 e. The summed E-state index contributed by atoms with van der Waals surface area (Å²) >= 11 is 12.1. The summed E-state index contributed by atoms with van der Waals surface area (Å²) in [5, 5.41) is 0.859. The number of rotatable bonds is 8. The van der Waals surface area contributed by atoms with Crippen molar-refractivity contribution in [3.8, 4) is 5.75 Å². The summed E-state index contributed by atoms with van der Waals surface area (Å²) in [6.45, 7) is 5.20. The van der Waals surface area contributed by atoms with E-state index >= 15 is 0 Å². The lowest BCUT2D eigenvalue weighted by Gasteiger charge is -2.14. The Balaban J connectivity index is 1.74. The summed E-state index contributed by atoms with van der Waals surface area (Å²) in [6.07, 6.45) is 1.63. The summed E-state index contributed by atoms with van der Waals surface area (Å²) < 4.78 is 10.3. The van der Waals surface area contributed by atoms with Gasteiger partial charge in [0, 0.05) is 11.6 Å². The molecular formula is C24H24Cl2N4O3. The van der Waals surface area contributed by atoms with Crippen LogP contribution in [0, 0.1) is 5.92 Å². The Labute approximate surface area is 200 Å². The zero-order valence-corrected chi connectivity index (χ0v) is 19.9. The lowest BCUT2D eigenvalue weighted by molar-refractivity contribution is 0.292. The molecule has 0 fully saturated rings. The highest BCUT2D eigenvalue weighted by atomic mass is 35.5.